The van der Waals surface area contributed by atoms with Gasteiger partial charge in [-0.1, -0.05) is 12.5 Å². The number of esters is 1. The molecule has 3 nitrogen and oxygen atoms in total. The van der Waals surface area contributed by atoms with Crippen molar-refractivity contribution >= 4 is 5.97 Å². The average Bonchev–Trinajstić information content (AvgIpc) is 1.99. The Labute approximate surface area is 65.7 Å². The second-order valence-corrected chi connectivity index (χ2v) is 2.01. The summed E-state index contributed by atoms with van der Waals surface area (Å²) < 4.78 is 4.23. The normalized spacial score (nSPS) is 10.8. The smallest absolute Gasteiger partial charge is 0.384 e. The highest BCUT2D eigenvalue weighted by Crippen LogP contribution is 1.93. The van der Waals surface area contributed by atoms with Crippen molar-refractivity contribution in [2.75, 3.05) is 7.11 Å². The Morgan fingerprint density at radius 1 is 1.73 bits per heavy atom. The number of methoxy groups -OCH3 is 1. The van der Waals surface area contributed by atoms with Crippen molar-refractivity contribution in [2.24, 2.45) is 0 Å². The van der Waals surface area contributed by atoms with Crippen LogP contribution in [0.4, 0.5) is 0 Å². The Morgan fingerprint density at radius 3 is 2.64 bits per heavy atom. The van der Waals surface area contributed by atoms with E-state index in [-0.39, 0.29) is 0 Å². The molecule has 0 fully saturated rings. The lowest BCUT2D eigenvalue weighted by Gasteiger charge is -1.97. The van der Waals surface area contributed by atoms with Gasteiger partial charge >= 0.3 is 5.97 Å². The van der Waals surface area contributed by atoms with Gasteiger partial charge in [0, 0.05) is 5.92 Å². The van der Waals surface area contributed by atoms with E-state index in [1.807, 2.05) is 0 Å². The lowest BCUT2D eigenvalue weighted by molar-refractivity contribution is -0.133. The highest BCUT2D eigenvalue weighted by molar-refractivity contribution is 5.88. The summed E-state index contributed by atoms with van der Waals surface area (Å²) in [6.07, 6.45) is -0.950. The fourth-order valence-electron chi connectivity index (χ4n) is 0.302. The summed E-state index contributed by atoms with van der Waals surface area (Å²) in [5, 5.41) is 8.99. The van der Waals surface area contributed by atoms with Crippen LogP contribution in [0.2, 0.25) is 0 Å². The highest BCUT2D eigenvalue weighted by Gasteiger charge is 1.98. The second kappa shape index (κ2) is 4.53. The Balaban J connectivity index is 4.07. The van der Waals surface area contributed by atoms with Gasteiger partial charge in [0.2, 0.25) is 0 Å². The first kappa shape index (κ1) is 9.73. The maximum Gasteiger partial charge on any atom is 0.384 e. The molecule has 1 N–H and O–H groups in total. The van der Waals surface area contributed by atoms with Gasteiger partial charge in [0.15, 0.2) is 0 Å². The van der Waals surface area contributed by atoms with Crippen molar-refractivity contribution in [3.8, 4) is 11.8 Å². The predicted octanol–water partition coefficient (Wildman–Crippen LogP) is 0.0998. The van der Waals surface area contributed by atoms with Crippen molar-refractivity contribution in [2.45, 2.75) is 13.0 Å². The molecule has 0 saturated heterocycles. The Kier molecular flexibility index (Phi) is 4.01. The number of aliphatic hydroxyl groups is 1. The van der Waals surface area contributed by atoms with Crippen LogP contribution < -0.4 is 0 Å². The summed E-state index contributed by atoms with van der Waals surface area (Å²) in [4.78, 5) is 10.4. The highest BCUT2D eigenvalue weighted by atomic mass is 16.5. The van der Waals surface area contributed by atoms with Crippen LogP contribution in [0.5, 0.6) is 0 Å². The summed E-state index contributed by atoms with van der Waals surface area (Å²) in [7, 11) is 1.23. The number of carbonyl (C=O) groups excluding carboxylic acids is 1. The van der Waals surface area contributed by atoms with Gasteiger partial charge in [0.25, 0.3) is 0 Å². The number of hydrogen-bond acceptors (Lipinski definition) is 3. The Bertz CT molecular complexity index is 219. The molecule has 0 aliphatic heterocycles. The van der Waals surface area contributed by atoms with Crippen molar-refractivity contribution in [1.82, 2.24) is 0 Å². The quantitative estimate of drug-likeness (QED) is 0.252. The molecular weight excluding hydrogens is 144 g/mol. The van der Waals surface area contributed by atoms with Crippen molar-refractivity contribution in [1.29, 1.82) is 0 Å². The molecule has 60 valence electrons. The van der Waals surface area contributed by atoms with Crippen LogP contribution in [0.25, 0.3) is 0 Å². The Hall–Kier alpha value is -1.27. The molecule has 0 unspecified atom stereocenters. The van der Waals surface area contributed by atoms with Gasteiger partial charge in [-0.25, -0.2) is 4.79 Å². The van der Waals surface area contributed by atoms with Crippen molar-refractivity contribution < 1.29 is 14.6 Å². The molecule has 1 atom stereocenters. The second-order valence-electron chi connectivity index (χ2n) is 2.01. The average molecular weight is 154 g/mol. The molecular formula is C8H10O3. The van der Waals surface area contributed by atoms with E-state index in [4.69, 9.17) is 5.11 Å². The molecule has 0 aliphatic carbocycles. The molecule has 11 heavy (non-hydrogen) atoms. The van der Waals surface area contributed by atoms with Gasteiger partial charge in [0.1, 0.15) is 6.10 Å². The molecule has 0 bridgehead atoms. The largest absolute Gasteiger partial charge is 0.459 e. The summed E-state index contributed by atoms with van der Waals surface area (Å²) in [5.41, 5.74) is 0.501. The third kappa shape index (κ3) is 4.18. The maximum atomic E-state index is 10.4. The fraction of sp³-hybridized carbons (Fsp3) is 0.375. The van der Waals surface area contributed by atoms with Gasteiger partial charge < -0.3 is 9.84 Å². The van der Waals surface area contributed by atoms with Gasteiger partial charge in [-0.15, -0.1) is 0 Å². The molecule has 0 spiro atoms. The van der Waals surface area contributed by atoms with Crippen LogP contribution >= 0.6 is 0 Å². The first-order valence-electron chi connectivity index (χ1n) is 3.01. The minimum Gasteiger partial charge on any atom is -0.459 e. The molecule has 3 heteroatoms. The zero-order valence-corrected chi connectivity index (χ0v) is 6.55. The molecule has 0 amide bonds. The van der Waals surface area contributed by atoms with Crippen LogP contribution in [-0.2, 0) is 9.53 Å². The van der Waals surface area contributed by atoms with Gasteiger partial charge in [-0.05, 0) is 12.5 Å². The van der Waals surface area contributed by atoms with E-state index in [1.165, 1.54) is 7.11 Å². The Morgan fingerprint density at radius 2 is 2.27 bits per heavy atom. The van der Waals surface area contributed by atoms with E-state index in [9.17, 15) is 4.79 Å². The van der Waals surface area contributed by atoms with Crippen LogP contribution in [0, 0.1) is 11.8 Å². The summed E-state index contributed by atoms with van der Waals surface area (Å²) in [6, 6.07) is 0. The van der Waals surface area contributed by atoms with Crippen LogP contribution in [-0.4, -0.2) is 24.3 Å². The van der Waals surface area contributed by atoms with Gasteiger partial charge in [0.05, 0.1) is 7.11 Å². The van der Waals surface area contributed by atoms with E-state index in [0.717, 1.165) is 0 Å². The number of rotatable bonds is 1. The van der Waals surface area contributed by atoms with Crippen LogP contribution in [0.15, 0.2) is 12.2 Å². The SMILES string of the molecule is C=C(C)[C@H](O)C#CC(=O)OC. The zero-order valence-electron chi connectivity index (χ0n) is 6.55. The molecule has 0 saturated carbocycles. The van der Waals surface area contributed by atoms with Gasteiger partial charge in [-0.2, -0.15) is 0 Å². The van der Waals surface area contributed by atoms with Crippen molar-refractivity contribution in [3.05, 3.63) is 12.2 Å². The number of carbonyl (C=O) groups is 1. The van der Waals surface area contributed by atoms with E-state index in [2.05, 4.69) is 23.2 Å². The van der Waals surface area contributed by atoms with Gasteiger partial charge in [-0.3, -0.25) is 0 Å². The molecule has 0 rings (SSSR count). The van der Waals surface area contributed by atoms with E-state index in [0.29, 0.717) is 5.57 Å². The molecule has 0 aromatic rings. The summed E-state index contributed by atoms with van der Waals surface area (Å²) in [5.74, 6) is 3.69. The van der Waals surface area contributed by atoms with E-state index in [1.54, 1.807) is 6.92 Å². The number of ether oxygens (including phenoxy) is 1. The monoisotopic (exact) mass is 154 g/mol. The van der Waals surface area contributed by atoms with Crippen LogP contribution in [0.3, 0.4) is 0 Å². The third-order valence-electron chi connectivity index (χ3n) is 0.963. The lowest BCUT2D eigenvalue weighted by Crippen LogP contribution is -2.04. The maximum absolute atomic E-state index is 10.4. The minimum atomic E-state index is -0.950. The zero-order chi connectivity index (χ0) is 8.85. The summed E-state index contributed by atoms with van der Waals surface area (Å²) >= 11 is 0. The number of aliphatic hydroxyl groups excluding tert-OH is 1. The summed E-state index contributed by atoms with van der Waals surface area (Å²) in [6.45, 7) is 5.08. The third-order valence-corrected chi connectivity index (χ3v) is 0.963. The molecule has 0 heterocycles. The molecule has 0 aromatic carbocycles. The molecule has 0 aliphatic rings. The fourth-order valence-corrected chi connectivity index (χ4v) is 0.302. The van der Waals surface area contributed by atoms with Crippen LogP contribution in [0.1, 0.15) is 6.92 Å². The lowest BCUT2D eigenvalue weighted by atomic mass is 10.2. The minimum absolute atomic E-state index is 0.501. The molecule has 0 aromatic heterocycles. The predicted molar refractivity (Wildman–Crippen MR) is 40.6 cm³/mol. The first-order valence-corrected chi connectivity index (χ1v) is 3.01. The van der Waals surface area contributed by atoms with E-state index < -0.39 is 12.1 Å². The number of hydrogen-bond donors (Lipinski definition) is 1. The van der Waals surface area contributed by atoms with Crippen molar-refractivity contribution in [3.63, 3.8) is 0 Å². The standard InChI is InChI=1S/C8H10O3/c1-6(2)7(9)4-5-8(10)11-3/h7,9H,1H2,2-3H3/t7-/m1/s1. The topological polar surface area (TPSA) is 46.5 Å². The first-order chi connectivity index (χ1) is 5.07. The molecule has 0 radical (unpaired) electrons. The van der Waals surface area contributed by atoms with E-state index >= 15 is 0 Å².